The topological polar surface area (TPSA) is 45.2 Å². The summed E-state index contributed by atoms with van der Waals surface area (Å²) in [5.74, 6) is 0.712. The third kappa shape index (κ3) is 1.47. The van der Waals surface area contributed by atoms with E-state index in [4.69, 9.17) is 0 Å². The van der Waals surface area contributed by atoms with E-state index >= 15 is 0 Å². The van der Waals surface area contributed by atoms with Gasteiger partial charge in [-0.25, -0.2) is 9.78 Å². The number of nitrogens with one attached hydrogen (secondary N) is 1. The molecule has 0 saturated carbocycles. The quantitative estimate of drug-likeness (QED) is 0.695. The molecule has 1 fully saturated rings. The monoisotopic (exact) mass is 177 g/mol. The van der Waals surface area contributed by atoms with Crippen molar-refractivity contribution in [1.29, 1.82) is 0 Å². The maximum absolute atomic E-state index is 11.4. The molecule has 13 heavy (non-hydrogen) atoms. The van der Waals surface area contributed by atoms with Crippen LogP contribution in [0.25, 0.3) is 0 Å². The number of amides is 2. The Morgan fingerprint density at radius 1 is 1.62 bits per heavy atom. The van der Waals surface area contributed by atoms with Gasteiger partial charge in [-0.05, 0) is 19.1 Å². The Morgan fingerprint density at radius 2 is 2.46 bits per heavy atom. The fourth-order valence-electron chi connectivity index (χ4n) is 1.40. The van der Waals surface area contributed by atoms with Gasteiger partial charge >= 0.3 is 6.03 Å². The molecule has 1 aliphatic rings. The van der Waals surface area contributed by atoms with E-state index in [0.29, 0.717) is 12.4 Å². The summed E-state index contributed by atoms with van der Waals surface area (Å²) in [6.07, 6.45) is 1.69. The summed E-state index contributed by atoms with van der Waals surface area (Å²) >= 11 is 0. The molecule has 1 unspecified atom stereocenters. The van der Waals surface area contributed by atoms with Crippen LogP contribution in [0.4, 0.5) is 10.6 Å². The Labute approximate surface area is 76.6 Å². The Kier molecular flexibility index (Phi) is 1.88. The van der Waals surface area contributed by atoms with Gasteiger partial charge in [0, 0.05) is 18.8 Å². The lowest BCUT2D eigenvalue weighted by molar-refractivity contribution is 0.251. The highest BCUT2D eigenvalue weighted by Crippen LogP contribution is 2.13. The number of hydrogen-bond acceptors (Lipinski definition) is 2. The van der Waals surface area contributed by atoms with Gasteiger partial charge in [-0.3, -0.25) is 4.90 Å². The van der Waals surface area contributed by atoms with Crippen LogP contribution in [0.5, 0.6) is 0 Å². The van der Waals surface area contributed by atoms with Crippen molar-refractivity contribution in [2.75, 3.05) is 11.4 Å². The van der Waals surface area contributed by atoms with Crippen LogP contribution in [0.3, 0.4) is 0 Å². The van der Waals surface area contributed by atoms with Gasteiger partial charge in [-0.2, -0.15) is 0 Å². The molecule has 4 nitrogen and oxygen atoms in total. The van der Waals surface area contributed by atoms with Gasteiger partial charge in [-0.15, -0.1) is 0 Å². The molecule has 1 aromatic rings. The number of carbonyl (C=O) groups is 1. The molecule has 0 aromatic carbocycles. The lowest BCUT2D eigenvalue weighted by Crippen LogP contribution is -2.28. The maximum Gasteiger partial charge on any atom is 0.323 e. The molecular formula is C9H11N3O. The SMILES string of the molecule is CC1CN(c2ccccn2)C(=O)N1. The summed E-state index contributed by atoms with van der Waals surface area (Å²) in [7, 11) is 0. The second kappa shape index (κ2) is 3.05. The van der Waals surface area contributed by atoms with Gasteiger partial charge in [-0.1, -0.05) is 6.07 Å². The molecule has 2 heterocycles. The van der Waals surface area contributed by atoms with Crippen LogP contribution < -0.4 is 10.2 Å². The van der Waals surface area contributed by atoms with Crippen molar-refractivity contribution in [3.8, 4) is 0 Å². The smallest absolute Gasteiger partial charge is 0.323 e. The van der Waals surface area contributed by atoms with E-state index in [1.54, 1.807) is 11.1 Å². The summed E-state index contributed by atoms with van der Waals surface area (Å²) in [6.45, 7) is 2.66. The minimum atomic E-state index is -0.0637. The first-order chi connectivity index (χ1) is 6.27. The molecule has 2 amide bonds. The van der Waals surface area contributed by atoms with Crippen molar-refractivity contribution in [3.05, 3.63) is 24.4 Å². The first-order valence-corrected chi connectivity index (χ1v) is 4.26. The van der Waals surface area contributed by atoms with E-state index in [9.17, 15) is 4.79 Å². The van der Waals surface area contributed by atoms with Crippen LogP contribution in [0.1, 0.15) is 6.92 Å². The van der Waals surface area contributed by atoms with Crippen LogP contribution >= 0.6 is 0 Å². The van der Waals surface area contributed by atoms with Gasteiger partial charge in [0.1, 0.15) is 5.82 Å². The maximum atomic E-state index is 11.4. The van der Waals surface area contributed by atoms with Crippen molar-refractivity contribution in [2.45, 2.75) is 13.0 Å². The number of nitrogens with zero attached hydrogens (tertiary/aromatic N) is 2. The molecule has 1 saturated heterocycles. The molecule has 4 heteroatoms. The second-order valence-electron chi connectivity index (χ2n) is 3.15. The Morgan fingerprint density at radius 3 is 3.00 bits per heavy atom. The van der Waals surface area contributed by atoms with Crippen LogP contribution in [0.2, 0.25) is 0 Å². The van der Waals surface area contributed by atoms with E-state index in [0.717, 1.165) is 0 Å². The number of carbonyl (C=O) groups excluding carboxylic acids is 1. The molecular weight excluding hydrogens is 166 g/mol. The zero-order chi connectivity index (χ0) is 9.26. The zero-order valence-electron chi connectivity index (χ0n) is 7.40. The third-order valence-electron chi connectivity index (χ3n) is 2.00. The third-order valence-corrected chi connectivity index (χ3v) is 2.00. The van der Waals surface area contributed by atoms with Crippen LogP contribution in [-0.2, 0) is 0 Å². The van der Waals surface area contributed by atoms with Crippen molar-refractivity contribution in [3.63, 3.8) is 0 Å². The second-order valence-corrected chi connectivity index (χ2v) is 3.15. The molecule has 1 atom stereocenters. The summed E-state index contributed by atoms with van der Waals surface area (Å²) in [5, 5.41) is 2.81. The normalized spacial score (nSPS) is 21.8. The van der Waals surface area contributed by atoms with Crippen molar-refractivity contribution in [1.82, 2.24) is 10.3 Å². The highest BCUT2D eigenvalue weighted by molar-refractivity contribution is 5.93. The minimum absolute atomic E-state index is 0.0637. The summed E-state index contributed by atoms with van der Waals surface area (Å²) in [4.78, 5) is 17.1. The average Bonchev–Trinajstić information content (AvgIpc) is 2.47. The van der Waals surface area contributed by atoms with Crippen LogP contribution in [0.15, 0.2) is 24.4 Å². The predicted molar refractivity (Wildman–Crippen MR) is 49.6 cm³/mol. The molecule has 0 radical (unpaired) electrons. The van der Waals surface area contributed by atoms with E-state index in [1.165, 1.54) is 0 Å². The van der Waals surface area contributed by atoms with Gasteiger partial charge in [0.15, 0.2) is 0 Å². The molecule has 1 aliphatic heterocycles. The van der Waals surface area contributed by atoms with Gasteiger partial charge in [0.2, 0.25) is 0 Å². The van der Waals surface area contributed by atoms with Crippen LogP contribution in [-0.4, -0.2) is 23.6 Å². The van der Waals surface area contributed by atoms with Crippen molar-refractivity contribution < 1.29 is 4.79 Å². The first kappa shape index (κ1) is 8.04. The largest absolute Gasteiger partial charge is 0.333 e. The zero-order valence-corrected chi connectivity index (χ0v) is 7.40. The molecule has 2 rings (SSSR count). The van der Waals surface area contributed by atoms with E-state index in [2.05, 4.69) is 10.3 Å². The number of aromatic nitrogens is 1. The predicted octanol–water partition coefficient (Wildman–Crippen LogP) is 1.000. The Balaban J connectivity index is 2.23. The molecule has 0 aliphatic carbocycles. The fraction of sp³-hybridized carbons (Fsp3) is 0.333. The fourth-order valence-corrected chi connectivity index (χ4v) is 1.40. The van der Waals surface area contributed by atoms with E-state index in [1.807, 2.05) is 25.1 Å². The number of anilines is 1. The molecule has 1 N–H and O–H groups in total. The van der Waals surface area contributed by atoms with Crippen LogP contribution in [0, 0.1) is 0 Å². The lowest BCUT2D eigenvalue weighted by atomic mass is 10.3. The standard InChI is InChI=1S/C9H11N3O/c1-7-6-12(9(13)11-7)8-4-2-3-5-10-8/h2-5,7H,6H2,1H3,(H,11,13). The summed E-state index contributed by atoms with van der Waals surface area (Å²) < 4.78 is 0. The van der Waals surface area contributed by atoms with Crippen molar-refractivity contribution in [2.24, 2.45) is 0 Å². The number of urea groups is 1. The van der Waals surface area contributed by atoms with Gasteiger partial charge < -0.3 is 5.32 Å². The molecule has 0 spiro atoms. The van der Waals surface area contributed by atoms with Gasteiger partial charge in [0.25, 0.3) is 0 Å². The van der Waals surface area contributed by atoms with E-state index < -0.39 is 0 Å². The summed E-state index contributed by atoms with van der Waals surface area (Å²) in [5.41, 5.74) is 0. The highest BCUT2D eigenvalue weighted by atomic mass is 16.2. The van der Waals surface area contributed by atoms with Crippen molar-refractivity contribution >= 4 is 11.8 Å². The molecule has 0 bridgehead atoms. The highest BCUT2D eigenvalue weighted by Gasteiger charge is 2.27. The van der Waals surface area contributed by atoms with E-state index in [-0.39, 0.29) is 12.1 Å². The molecule has 68 valence electrons. The minimum Gasteiger partial charge on any atom is -0.333 e. The lowest BCUT2D eigenvalue weighted by Gasteiger charge is -2.11. The first-order valence-electron chi connectivity index (χ1n) is 4.26. The Hall–Kier alpha value is -1.58. The number of rotatable bonds is 1. The number of pyridine rings is 1. The summed E-state index contributed by atoms with van der Waals surface area (Å²) in [6, 6.07) is 5.68. The Bertz CT molecular complexity index is 312. The number of hydrogen-bond donors (Lipinski definition) is 1. The molecule has 1 aromatic heterocycles. The average molecular weight is 177 g/mol. The van der Waals surface area contributed by atoms with Gasteiger partial charge in [0.05, 0.1) is 0 Å².